The lowest BCUT2D eigenvalue weighted by molar-refractivity contribution is -0.140. The summed E-state index contributed by atoms with van der Waals surface area (Å²) < 4.78 is 26.7. The lowest BCUT2D eigenvalue weighted by Crippen LogP contribution is -2.57. The third-order valence-electron chi connectivity index (χ3n) is 8.02. The van der Waals surface area contributed by atoms with Gasteiger partial charge in [-0.05, 0) is 57.3 Å². The van der Waals surface area contributed by atoms with Crippen molar-refractivity contribution < 1.29 is 27.9 Å². The van der Waals surface area contributed by atoms with Crippen LogP contribution in [0.4, 0.5) is 0 Å². The number of carbonyl (C=O) groups is 3. The van der Waals surface area contributed by atoms with Crippen LogP contribution >= 0.6 is 0 Å². The van der Waals surface area contributed by atoms with Gasteiger partial charge in [-0.1, -0.05) is 26.0 Å². The predicted octanol–water partition coefficient (Wildman–Crippen LogP) is 1.22. The predicted molar refractivity (Wildman–Crippen MR) is 126 cm³/mol. The Kier molecular flexibility index (Phi) is 6.61. The summed E-state index contributed by atoms with van der Waals surface area (Å²) in [6, 6.07) is -0.885. The van der Waals surface area contributed by atoms with Crippen LogP contribution in [0.15, 0.2) is 12.2 Å². The molecule has 3 N–H and O–H groups in total. The Hall–Kier alpha value is -1.94. The molecule has 34 heavy (non-hydrogen) atoms. The number of hydrogen-bond donors (Lipinski definition) is 3. The normalized spacial score (nSPS) is 39.1. The second kappa shape index (κ2) is 8.93. The van der Waals surface area contributed by atoms with Crippen LogP contribution in [-0.4, -0.2) is 65.1 Å². The van der Waals surface area contributed by atoms with Gasteiger partial charge in [0, 0.05) is 25.3 Å². The van der Waals surface area contributed by atoms with E-state index in [9.17, 15) is 27.9 Å². The summed E-state index contributed by atoms with van der Waals surface area (Å²) in [5.74, 6) is -1.20. The molecule has 3 amide bonds. The van der Waals surface area contributed by atoms with E-state index >= 15 is 0 Å². The average Bonchev–Trinajstić information content (AvgIpc) is 3.61. The van der Waals surface area contributed by atoms with E-state index in [1.807, 2.05) is 19.1 Å². The number of aliphatic hydroxyl groups is 1. The van der Waals surface area contributed by atoms with Gasteiger partial charge < -0.3 is 15.3 Å². The van der Waals surface area contributed by atoms with Gasteiger partial charge in [-0.15, -0.1) is 0 Å². The number of fused-ring (bicyclic) bond motifs is 2. The Balaban J connectivity index is 1.59. The molecule has 10 heteroatoms. The van der Waals surface area contributed by atoms with Crippen LogP contribution < -0.4 is 10.0 Å². The molecule has 9 nitrogen and oxygen atoms in total. The van der Waals surface area contributed by atoms with E-state index < -0.39 is 44.3 Å². The highest BCUT2D eigenvalue weighted by atomic mass is 32.2. The van der Waals surface area contributed by atoms with Crippen molar-refractivity contribution in [1.29, 1.82) is 0 Å². The van der Waals surface area contributed by atoms with Crippen molar-refractivity contribution in [2.45, 2.75) is 94.6 Å². The van der Waals surface area contributed by atoms with Crippen LogP contribution in [-0.2, 0) is 24.4 Å². The molecular weight excluding hydrogens is 458 g/mol. The number of amides is 3. The van der Waals surface area contributed by atoms with Gasteiger partial charge in [0.1, 0.15) is 11.6 Å². The Bertz CT molecular complexity index is 991. The number of sulfonamides is 1. The molecule has 2 heterocycles. The third kappa shape index (κ3) is 4.89. The maximum atomic E-state index is 13.3. The van der Waals surface area contributed by atoms with Crippen molar-refractivity contribution in [3.8, 4) is 0 Å². The minimum atomic E-state index is -3.86. The molecule has 0 aromatic rings. The number of hydrogen-bond acceptors (Lipinski definition) is 6. The largest absolute Gasteiger partial charge is 0.391 e. The van der Waals surface area contributed by atoms with Gasteiger partial charge in [0.05, 0.1) is 10.9 Å². The van der Waals surface area contributed by atoms with Crippen LogP contribution in [0, 0.1) is 17.8 Å². The van der Waals surface area contributed by atoms with Gasteiger partial charge in [-0.2, -0.15) is 0 Å². The first-order chi connectivity index (χ1) is 15.9. The fraction of sp³-hybridized carbons (Fsp3) is 0.792. The lowest BCUT2D eigenvalue weighted by atomic mass is 9.91. The molecule has 4 rings (SSSR count). The highest BCUT2D eigenvalue weighted by Gasteiger charge is 2.63. The number of aliphatic hydroxyl groups excluding tert-OH is 1. The molecule has 1 saturated heterocycles. The molecule has 3 fully saturated rings. The van der Waals surface area contributed by atoms with E-state index in [2.05, 4.69) is 17.0 Å². The van der Waals surface area contributed by atoms with Crippen LogP contribution in [0.5, 0.6) is 0 Å². The average molecular weight is 496 g/mol. The van der Waals surface area contributed by atoms with E-state index in [-0.39, 0.29) is 30.7 Å². The van der Waals surface area contributed by atoms with Gasteiger partial charge in [-0.3, -0.25) is 19.1 Å². The third-order valence-corrected chi connectivity index (χ3v) is 10.2. The summed E-state index contributed by atoms with van der Waals surface area (Å²) >= 11 is 0. The highest BCUT2D eigenvalue weighted by Crippen LogP contribution is 2.47. The fourth-order valence-electron chi connectivity index (χ4n) is 5.35. The fourth-order valence-corrected chi connectivity index (χ4v) is 6.66. The maximum absolute atomic E-state index is 13.3. The zero-order valence-electron chi connectivity index (χ0n) is 20.2. The summed E-state index contributed by atoms with van der Waals surface area (Å²) in [5, 5.41) is 13.0. The smallest absolute Gasteiger partial charge is 0.259 e. The van der Waals surface area contributed by atoms with Crippen molar-refractivity contribution in [2.75, 3.05) is 6.54 Å². The molecular formula is C24H37N3O6S. The van der Waals surface area contributed by atoms with Crippen LogP contribution in [0.1, 0.15) is 72.1 Å². The van der Waals surface area contributed by atoms with E-state index in [0.717, 1.165) is 19.3 Å². The van der Waals surface area contributed by atoms with E-state index in [4.69, 9.17) is 0 Å². The van der Waals surface area contributed by atoms with Crippen molar-refractivity contribution >= 4 is 27.7 Å². The molecule has 0 aromatic carbocycles. The number of nitrogens with one attached hydrogen (secondary N) is 2. The number of nitrogens with zero attached hydrogens (tertiary/aromatic N) is 1. The Morgan fingerprint density at radius 3 is 2.59 bits per heavy atom. The molecule has 2 saturated carbocycles. The standard InChI is InChI=1S/C24H37N3O6S/c1-15-6-4-5-7-17-13-24(17,22(31)26-34(32,33)23(3)8-9-23)25-21(30)19-12-18(28)14-27(19)20(29)11-16(2)10-15/h5,7,15-19,28H,4,6,8-14H2,1-3H3,(H,25,30)(H,26,31)/b7-5-/t15-,16-,17+,18-,19+,24-/m1/s1. The zero-order valence-corrected chi connectivity index (χ0v) is 21.1. The van der Waals surface area contributed by atoms with Crippen LogP contribution in [0.25, 0.3) is 0 Å². The van der Waals surface area contributed by atoms with Crippen LogP contribution in [0.2, 0.25) is 0 Å². The van der Waals surface area contributed by atoms with Gasteiger partial charge in [0.15, 0.2) is 0 Å². The first kappa shape index (κ1) is 25.2. The molecule has 2 aliphatic carbocycles. The first-order valence-corrected chi connectivity index (χ1v) is 13.9. The maximum Gasteiger partial charge on any atom is 0.259 e. The van der Waals surface area contributed by atoms with Crippen molar-refractivity contribution in [2.24, 2.45) is 17.8 Å². The van der Waals surface area contributed by atoms with E-state index in [1.165, 1.54) is 4.90 Å². The molecule has 190 valence electrons. The van der Waals surface area contributed by atoms with Gasteiger partial charge in [0.2, 0.25) is 21.8 Å². The van der Waals surface area contributed by atoms with Gasteiger partial charge in [0.25, 0.3) is 5.91 Å². The highest BCUT2D eigenvalue weighted by molar-refractivity contribution is 7.91. The topological polar surface area (TPSA) is 133 Å². The minimum Gasteiger partial charge on any atom is -0.391 e. The molecule has 0 spiro atoms. The summed E-state index contributed by atoms with van der Waals surface area (Å²) in [7, 11) is -3.86. The Labute approximate surface area is 201 Å². The van der Waals surface area contributed by atoms with E-state index in [1.54, 1.807) is 6.92 Å². The SMILES string of the molecule is C[C@@H]1CC/C=C\[C@H]2C[C@@]2(C(=O)NS(=O)(=O)C2(C)CC2)NC(=O)[C@@H]2C[C@@H](O)CN2C(=O)C[C@H](C)C1. The molecule has 0 radical (unpaired) electrons. The Morgan fingerprint density at radius 1 is 1.21 bits per heavy atom. The summed E-state index contributed by atoms with van der Waals surface area (Å²) in [5.41, 5.74) is -1.37. The summed E-state index contributed by atoms with van der Waals surface area (Å²) in [4.78, 5) is 41.0. The number of allylic oxidation sites excluding steroid dienone is 1. The van der Waals surface area contributed by atoms with Crippen molar-refractivity contribution in [3.05, 3.63) is 12.2 Å². The Morgan fingerprint density at radius 2 is 1.91 bits per heavy atom. The van der Waals surface area contributed by atoms with E-state index in [0.29, 0.717) is 31.6 Å². The second-order valence-corrected chi connectivity index (χ2v) is 13.5. The van der Waals surface area contributed by atoms with Gasteiger partial charge >= 0.3 is 0 Å². The lowest BCUT2D eigenvalue weighted by Gasteiger charge is -2.28. The minimum absolute atomic E-state index is 0.0778. The zero-order chi connectivity index (χ0) is 24.9. The number of carbonyl (C=O) groups excluding carboxylic acids is 3. The molecule has 4 aliphatic rings. The summed E-state index contributed by atoms with van der Waals surface area (Å²) in [6.45, 7) is 5.86. The van der Waals surface area contributed by atoms with Crippen molar-refractivity contribution in [3.63, 3.8) is 0 Å². The quantitative estimate of drug-likeness (QED) is 0.505. The monoisotopic (exact) mass is 495 g/mol. The number of rotatable bonds is 3. The van der Waals surface area contributed by atoms with Crippen LogP contribution in [0.3, 0.4) is 0 Å². The summed E-state index contributed by atoms with van der Waals surface area (Å²) in [6.07, 6.45) is 7.38. The molecule has 0 bridgehead atoms. The second-order valence-electron chi connectivity index (χ2n) is 11.3. The molecule has 6 atom stereocenters. The molecule has 0 unspecified atom stereocenters. The first-order valence-electron chi connectivity index (χ1n) is 12.4. The molecule has 0 aromatic heterocycles. The van der Waals surface area contributed by atoms with Crippen molar-refractivity contribution in [1.82, 2.24) is 14.9 Å². The molecule has 2 aliphatic heterocycles. The van der Waals surface area contributed by atoms with Gasteiger partial charge in [-0.25, -0.2) is 8.42 Å².